The van der Waals surface area contributed by atoms with Gasteiger partial charge in [-0.25, -0.2) is 0 Å². The van der Waals surface area contributed by atoms with Gasteiger partial charge in [-0.15, -0.1) is 0 Å². The summed E-state index contributed by atoms with van der Waals surface area (Å²) in [4.78, 5) is 2.76. The molecule has 2 nitrogen and oxygen atoms in total. The smallest absolute Gasteiger partial charge is 0.0243 e. The van der Waals surface area contributed by atoms with Crippen molar-refractivity contribution in [3.63, 3.8) is 0 Å². The van der Waals surface area contributed by atoms with Gasteiger partial charge in [0.15, 0.2) is 0 Å². The van der Waals surface area contributed by atoms with E-state index in [4.69, 9.17) is 0 Å². The topological polar surface area (TPSA) is 15.3 Å². The summed E-state index contributed by atoms with van der Waals surface area (Å²) in [6, 6.07) is 0.650. The van der Waals surface area contributed by atoms with Crippen LogP contribution in [0.3, 0.4) is 0 Å². The zero-order chi connectivity index (χ0) is 14.6. The van der Waals surface area contributed by atoms with Crippen molar-refractivity contribution < 1.29 is 0 Å². The Balaban J connectivity index is 1.82. The van der Waals surface area contributed by atoms with Gasteiger partial charge in [0.05, 0.1) is 0 Å². The summed E-state index contributed by atoms with van der Waals surface area (Å²) < 4.78 is 0. The van der Waals surface area contributed by atoms with Gasteiger partial charge in [0, 0.05) is 19.1 Å². The van der Waals surface area contributed by atoms with Gasteiger partial charge in [-0.2, -0.15) is 0 Å². The van der Waals surface area contributed by atoms with Gasteiger partial charge in [-0.3, -0.25) is 0 Å². The van der Waals surface area contributed by atoms with Crippen LogP contribution in [0.5, 0.6) is 0 Å². The second-order valence-corrected chi connectivity index (χ2v) is 8.28. The lowest BCUT2D eigenvalue weighted by Gasteiger charge is -2.36. The lowest BCUT2D eigenvalue weighted by atomic mass is 9.80. The molecule has 0 bridgehead atoms. The number of nitrogens with zero attached hydrogens (tertiary/aromatic N) is 1. The van der Waals surface area contributed by atoms with Gasteiger partial charge in [-0.05, 0) is 49.6 Å². The summed E-state index contributed by atoms with van der Waals surface area (Å²) >= 11 is 0. The molecule has 2 rings (SSSR count). The molecule has 0 aromatic heterocycles. The summed E-state index contributed by atoms with van der Waals surface area (Å²) in [6.45, 7) is 14.6. The summed E-state index contributed by atoms with van der Waals surface area (Å²) in [5.74, 6) is 2.00. The molecule has 1 saturated heterocycles. The number of nitrogens with one attached hydrogen (secondary N) is 1. The minimum Gasteiger partial charge on any atom is -0.312 e. The predicted octanol–water partition coefficient (Wildman–Crippen LogP) is 3.91. The zero-order valence-corrected chi connectivity index (χ0v) is 14.3. The Morgan fingerprint density at radius 1 is 1.05 bits per heavy atom. The molecule has 0 spiro atoms. The Kier molecular flexibility index (Phi) is 5.92. The molecule has 1 heterocycles. The number of hydrogen-bond donors (Lipinski definition) is 1. The molecule has 1 N–H and O–H groups in total. The molecule has 20 heavy (non-hydrogen) atoms. The third kappa shape index (κ3) is 4.73. The van der Waals surface area contributed by atoms with Crippen LogP contribution in [-0.4, -0.2) is 37.1 Å². The third-order valence-corrected chi connectivity index (χ3v) is 5.59. The first-order valence-corrected chi connectivity index (χ1v) is 8.94. The van der Waals surface area contributed by atoms with Gasteiger partial charge in [-0.1, -0.05) is 47.0 Å². The number of rotatable bonds is 3. The predicted molar refractivity (Wildman–Crippen MR) is 88.0 cm³/mol. The first kappa shape index (κ1) is 16.3. The standard InChI is InChI=1S/C18H36N2/c1-5-15-7-9-16(10-8-15)13-20-12-6-11-19-17(14-20)18(2,3)4/h15-17,19H,5-14H2,1-4H3. The van der Waals surface area contributed by atoms with Crippen molar-refractivity contribution in [1.82, 2.24) is 10.2 Å². The van der Waals surface area contributed by atoms with Crippen molar-refractivity contribution in [3.8, 4) is 0 Å². The largest absolute Gasteiger partial charge is 0.312 e. The van der Waals surface area contributed by atoms with Crippen molar-refractivity contribution in [2.45, 2.75) is 72.3 Å². The Bertz CT molecular complexity index is 274. The van der Waals surface area contributed by atoms with Crippen LogP contribution in [0.1, 0.15) is 66.2 Å². The van der Waals surface area contributed by atoms with Gasteiger partial charge in [0.1, 0.15) is 0 Å². The highest BCUT2D eigenvalue weighted by atomic mass is 15.2. The normalized spacial score (nSPS) is 33.9. The molecule has 1 aliphatic carbocycles. The maximum Gasteiger partial charge on any atom is 0.0243 e. The van der Waals surface area contributed by atoms with Crippen molar-refractivity contribution in [2.24, 2.45) is 17.3 Å². The minimum absolute atomic E-state index is 0.377. The lowest BCUT2D eigenvalue weighted by molar-refractivity contribution is 0.152. The molecule has 2 fully saturated rings. The molecular formula is C18H36N2. The molecule has 0 amide bonds. The fraction of sp³-hybridized carbons (Fsp3) is 1.00. The highest BCUT2D eigenvalue weighted by molar-refractivity contribution is 4.87. The van der Waals surface area contributed by atoms with Crippen molar-refractivity contribution in [2.75, 3.05) is 26.2 Å². The van der Waals surface area contributed by atoms with Gasteiger partial charge in [0.2, 0.25) is 0 Å². The maximum absolute atomic E-state index is 3.76. The second kappa shape index (κ2) is 7.26. The zero-order valence-electron chi connectivity index (χ0n) is 14.3. The fourth-order valence-electron chi connectivity index (χ4n) is 3.93. The molecule has 1 aliphatic heterocycles. The molecule has 0 aromatic rings. The Hall–Kier alpha value is -0.0800. The monoisotopic (exact) mass is 280 g/mol. The van der Waals surface area contributed by atoms with E-state index in [0.717, 1.165) is 11.8 Å². The Morgan fingerprint density at radius 3 is 2.30 bits per heavy atom. The van der Waals surface area contributed by atoms with E-state index in [0.29, 0.717) is 11.5 Å². The highest BCUT2D eigenvalue weighted by Gasteiger charge is 2.29. The van der Waals surface area contributed by atoms with E-state index in [1.807, 2.05) is 0 Å². The fourth-order valence-corrected chi connectivity index (χ4v) is 3.93. The van der Waals surface area contributed by atoms with E-state index in [2.05, 4.69) is 37.9 Å². The summed E-state index contributed by atoms with van der Waals surface area (Å²) in [6.07, 6.45) is 8.63. The molecule has 118 valence electrons. The number of hydrogen-bond acceptors (Lipinski definition) is 2. The van der Waals surface area contributed by atoms with E-state index in [1.54, 1.807) is 0 Å². The van der Waals surface area contributed by atoms with Crippen molar-refractivity contribution in [3.05, 3.63) is 0 Å². The summed E-state index contributed by atoms with van der Waals surface area (Å²) in [5.41, 5.74) is 0.377. The first-order valence-electron chi connectivity index (χ1n) is 8.94. The average Bonchev–Trinajstić information content (AvgIpc) is 2.65. The minimum atomic E-state index is 0.377. The van der Waals surface area contributed by atoms with Crippen LogP contribution in [0, 0.1) is 17.3 Å². The van der Waals surface area contributed by atoms with Crippen molar-refractivity contribution >= 4 is 0 Å². The van der Waals surface area contributed by atoms with Crippen LogP contribution < -0.4 is 5.32 Å². The van der Waals surface area contributed by atoms with Crippen LogP contribution in [0.4, 0.5) is 0 Å². The van der Waals surface area contributed by atoms with Gasteiger partial charge in [0.25, 0.3) is 0 Å². The molecule has 1 unspecified atom stereocenters. The van der Waals surface area contributed by atoms with Crippen molar-refractivity contribution in [1.29, 1.82) is 0 Å². The van der Waals surface area contributed by atoms with Crippen LogP contribution in [-0.2, 0) is 0 Å². The lowest BCUT2D eigenvalue weighted by Crippen LogP contribution is -2.47. The molecule has 2 heteroatoms. The third-order valence-electron chi connectivity index (χ3n) is 5.59. The van der Waals surface area contributed by atoms with Crippen LogP contribution in [0.25, 0.3) is 0 Å². The van der Waals surface area contributed by atoms with E-state index in [1.165, 1.54) is 64.7 Å². The summed E-state index contributed by atoms with van der Waals surface area (Å²) in [7, 11) is 0. The summed E-state index contributed by atoms with van der Waals surface area (Å²) in [5, 5.41) is 3.76. The molecule has 1 saturated carbocycles. The SMILES string of the molecule is CCC1CCC(CN2CCCNC(C(C)(C)C)C2)CC1. The molecular weight excluding hydrogens is 244 g/mol. The molecule has 2 aliphatic rings. The molecule has 1 atom stereocenters. The Labute approximate surface area is 126 Å². The Morgan fingerprint density at radius 2 is 1.70 bits per heavy atom. The van der Waals surface area contributed by atoms with E-state index in [9.17, 15) is 0 Å². The van der Waals surface area contributed by atoms with Crippen LogP contribution in [0.2, 0.25) is 0 Å². The highest BCUT2D eigenvalue weighted by Crippen LogP contribution is 2.31. The second-order valence-electron chi connectivity index (χ2n) is 8.28. The van der Waals surface area contributed by atoms with Crippen LogP contribution >= 0.6 is 0 Å². The first-order chi connectivity index (χ1) is 9.49. The maximum atomic E-state index is 3.76. The van der Waals surface area contributed by atoms with Gasteiger partial charge >= 0.3 is 0 Å². The average molecular weight is 281 g/mol. The van der Waals surface area contributed by atoms with E-state index >= 15 is 0 Å². The van der Waals surface area contributed by atoms with Gasteiger partial charge < -0.3 is 10.2 Å². The van der Waals surface area contributed by atoms with E-state index in [-0.39, 0.29) is 0 Å². The molecule has 0 aromatic carbocycles. The van der Waals surface area contributed by atoms with Crippen LogP contribution in [0.15, 0.2) is 0 Å². The van der Waals surface area contributed by atoms with E-state index < -0.39 is 0 Å². The quantitative estimate of drug-likeness (QED) is 0.843. The molecule has 0 radical (unpaired) electrons.